The van der Waals surface area contributed by atoms with E-state index in [0.717, 1.165) is 19.9 Å². The third-order valence-corrected chi connectivity index (χ3v) is 4.20. The third kappa shape index (κ3) is 2.72. The van der Waals surface area contributed by atoms with Crippen molar-refractivity contribution >= 4 is 48.6 Å². The van der Waals surface area contributed by atoms with Crippen molar-refractivity contribution in [2.75, 3.05) is 0 Å². The number of furan rings is 1. The first-order valence-corrected chi connectivity index (χ1v) is 7.68. The van der Waals surface area contributed by atoms with Crippen LogP contribution >= 0.6 is 31.9 Å². The van der Waals surface area contributed by atoms with Crippen LogP contribution in [0.25, 0.3) is 11.0 Å². The molecule has 0 spiro atoms. The number of fused-ring (bicyclic) bond motifs is 1. The quantitative estimate of drug-likeness (QED) is 0.559. The summed E-state index contributed by atoms with van der Waals surface area (Å²) >= 11 is 6.80. The second-order valence-corrected chi connectivity index (χ2v) is 6.27. The molecule has 4 heteroatoms. The highest BCUT2D eigenvalue weighted by Gasteiger charge is 2.14. The maximum atomic E-state index is 12.3. The van der Waals surface area contributed by atoms with Gasteiger partial charge in [0.2, 0.25) is 5.78 Å². The van der Waals surface area contributed by atoms with E-state index in [1.54, 1.807) is 6.07 Å². The van der Waals surface area contributed by atoms with Gasteiger partial charge in [0.05, 0.1) is 4.47 Å². The normalized spacial score (nSPS) is 10.9. The Morgan fingerprint density at radius 2 is 1.80 bits per heavy atom. The van der Waals surface area contributed by atoms with Gasteiger partial charge < -0.3 is 4.42 Å². The minimum Gasteiger partial charge on any atom is -0.452 e. The molecular weight excluding hydrogens is 384 g/mol. The van der Waals surface area contributed by atoms with Gasteiger partial charge in [0.25, 0.3) is 0 Å². The zero-order chi connectivity index (χ0) is 14.1. The fourth-order valence-corrected chi connectivity index (χ4v) is 2.77. The molecule has 0 atom stereocenters. The van der Waals surface area contributed by atoms with Gasteiger partial charge in [-0.3, -0.25) is 4.79 Å². The van der Waals surface area contributed by atoms with Crippen molar-refractivity contribution in [3.63, 3.8) is 0 Å². The average molecular weight is 394 g/mol. The Labute approximate surface area is 133 Å². The molecule has 100 valence electrons. The van der Waals surface area contributed by atoms with E-state index in [2.05, 4.69) is 31.9 Å². The Morgan fingerprint density at radius 3 is 2.50 bits per heavy atom. The van der Waals surface area contributed by atoms with Crippen LogP contribution in [0.2, 0.25) is 0 Å². The van der Waals surface area contributed by atoms with E-state index in [0.29, 0.717) is 17.8 Å². The van der Waals surface area contributed by atoms with Crippen LogP contribution in [-0.4, -0.2) is 5.78 Å². The number of halogens is 2. The molecule has 2 nitrogen and oxygen atoms in total. The van der Waals surface area contributed by atoms with Gasteiger partial charge in [-0.1, -0.05) is 40.2 Å². The molecule has 2 aromatic carbocycles. The van der Waals surface area contributed by atoms with Crippen molar-refractivity contribution in [3.05, 3.63) is 68.8 Å². The smallest absolute Gasteiger partial charge is 0.202 e. The van der Waals surface area contributed by atoms with Crippen molar-refractivity contribution in [3.8, 4) is 0 Å². The highest BCUT2D eigenvalue weighted by Crippen LogP contribution is 2.27. The Balaban J connectivity index is 1.89. The van der Waals surface area contributed by atoms with Crippen LogP contribution in [0.3, 0.4) is 0 Å². The van der Waals surface area contributed by atoms with Gasteiger partial charge in [-0.2, -0.15) is 0 Å². The summed E-state index contributed by atoms with van der Waals surface area (Å²) in [5.74, 6) is 0.380. The number of ketones is 1. The topological polar surface area (TPSA) is 30.2 Å². The zero-order valence-electron chi connectivity index (χ0n) is 10.4. The molecule has 0 aliphatic carbocycles. The Kier molecular flexibility index (Phi) is 3.76. The lowest BCUT2D eigenvalue weighted by Gasteiger charge is -1.99. The summed E-state index contributed by atoms with van der Waals surface area (Å²) < 4.78 is 7.51. The van der Waals surface area contributed by atoms with Gasteiger partial charge in [0.15, 0.2) is 5.76 Å². The lowest BCUT2D eigenvalue weighted by molar-refractivity contribution is 0.0968. The Hall–Kier alpha value is -1.39. The van der Waals surface area contributed by atoms with Crippen LogP contribution in [0.1, 0.15) is 16.1 Å². The van der Waals surface area contributed by atoms with E-state index < -0.39 is 0 Å². The molecule has 0 radical (unpaired) electrons. The predicted octanol–water partition coefficient (Wildman–Crippen LogP) is 5.38. The van der Waals surface area contributed by atoms with E-state index >= 15 is 0 Å². The summed E-state index contributed by atoms with van der Waals surface area (Å²) in [5, 5.41) is 0.929. The van der Waals surface area contributed by atoms with Crippen molar-refractivity contribution < 1.29 is 9.21 Å². The molecule has 3 aromatic rings. The highest BCUT2D eigenvalue weighted by atomic mass is 79.9. The molecule has 3 rings (SSSR count). The van der Waals surface area contributed by atoms with Crippen LogP contribution in [0.15, 0.2) is 61.9 Å². The van der Waals surface area contributed by atoms with Crippen LogP contribution in [0.4, 0.5) is 0 Å². The molecule has 0 amide bonds. The lowest BCUT2D eigenvalue weighted by atomic mass is 10.1. The van der Waals surface area contributed by atoms with E-state index in [1.165, 1.54) is 0 Å². The van der Waals surface area contributed by atoms with E-state index in [1.807, 2.05) is 42.5 Å². The number of hydrogen-bond donors (Lipinski definition) is 0. The van der Waals surface area contributed by atoms with Crippen molar-refractivity contribution in [2.45, 2.75) is 6.42 Å². The molecule has 20 heavy (non-hydrogen) atoms. The molecule has 0 saturated carbocycles. The van der Waals surface area contributed by atoms with Crippen LogP contribution < -0.4 is 0 Å². The first-order valence-electron chi connectivity index (χ1n) is 6.09. The number of benzene rings is 2. The number of carbonyl (C=O) groups excluding carboxylic acids is 1. The van der Waals surface area contributed by atoms with Gasteiger partial charge in [-0.15, -0.1) is 0 Å². The van der Waals surface area contributed by atoms with Gasteiger partial charge in [0.1, 0.15) is 5.58 Å². The Morgan fingerprint density at radius 1 is 1.05 bits per heavy atom. The number of Topliss-reactive ketones (excluding diaryl/α,β-unsaturated/α-hetero) is 1. The summed E-state index contributed by atoms with van der Waals surface area (Å²) in [7, 11) is 0. The second-order valence-electron chi connectivity index (χ2n) is 4.50. The van der Waals surface area contributed by atoms with Gasteiger partial charge >= 0.3 is 0 Å². The number of rotatable bonds is 3. The second kappa shape index (κ2) is 5.54. The van der Waals surface area contributed by atoms with Crippen LogP contribution in [0, 0.1) is 0 Å². The molecule has 0 N–H and O–H groups in total. The number of hydrogen-bond acceptors (Lipinski definition) is 2. The first-order chi connectivity index (χ1) is 9.63. The summed E-state index contributed by atoms with van der Waals surface area (Å²) in [4.78, 5) is 12.3. The molecule has 1 aromatic heterocycles. The van der Waals surface area contributed by atoms with E-state index in [4.69, 9.17) is 4.42 Å². The minimum atomic E-state index is -0.0181. The molecule has 0 aliphatic rings. The maximum absolute atomic E-state index is 12.3. The molecule has 0 unspecified atom stereocenters. The lowest BCUT2D eigenvalue weighted by Crippen LogP contribution is -2.01. The van der Waals surface area contributed by atoms with Crippen LogP contribution in [0.5, 0.6) is 0 Å². The molecule has 0 fully saturated rings. The van der Waals surface area contributed by atoms with Gasteiger partial charge in [-0.05, 0) is 45.8 Å². The molecule has 1 heterocycles. The molecule has 0 aliphatic heterocycles. The molecule has 0 bridgehead atoms. The minimum absolute atomic E-state index is 0.0181. The summed E-state index contributed by atoms with van der Waals surface area (Å²) in [6.07, 6.45) is 0.338. The summed E-state index contributed by atoms with van der Waals surface area (Å²) in [6.45, 7) is 0. The number of carbonyl (C=O) groups is 1. The van der Waals surface area contributed by atoms with Crippen molar-refractivity contribution in [1.29, 1.82) is 0 Å². The first kappa shape index (κ1) is 13.6. The SMILES string of the molecule is O=C(Cc1ccc(Br)cc1)c1cc2cccc(Br)c2o1. The zero-order valence-corrected chi connectivity index (χ0v) is 13.6. The predicted molar refractivity (Wildman–Crippen MR) is 86.1 cm³/mol. The Bertz CT molecular complexity index is 773. The largest absolute Gasteiger partial charge is 0.452 e. The maximum Gasteiger partial charge on any atom is 0.202 e. The van der Waals surface area contributed by atoms with Crippen molar-refractivity contribution in [1.82, 2.24) is 0 Å². The summed E-state index contributed by atoms with van der Waals surface area (Å²) in [5.41, 5.74) is 1.68. The summed E-state index contributed by atoms with van der Waals surface area (Å²) in [6, 6.07) is 15.3. The van der Waals surface area contributed by atoms with Crippen LogP contribution in [-0.2, 0) is 6.42 Å². The average Bonchev–Trinajstić information content (AvgIpc) is 2.87. The fourth-order valence-electron chi connectivity index (χ4n) is 2.04. The molecular formula is C16H10Br2O2. The monoisotopic (exact) mass is 392 g/mol. The number of para-hydroxylation sites is 1. The standard InChI is InChI=1S/C16H10Br2O2/c17-12-6-4-10(5-7-12)8-14(19)15-9-11-2-1-3-13(18)16(11)20-15/h1-7,9H,8H2. The molecule has 0 saturated heterocycles. The highest BCUT2D eigenvalue weighted by molar-refractivity contribution is 9.11. The van der Waals surface area contributed by atoms with Gasteiger partial charge in [-0.25, -0.2) is 0 Å². The fraction of sp³-hybridized carbons (Fsp3) is 0.0625. The van der Waals surface area contributed by atoms with Crippen molar-refractivity contribution in [2.24, 2.45) is 0 Å². The van der Waals surface area contributed by atoms with E-state index in [9.17, 15) is 4.79 Å². The third-order valence-electron chi connectivity index (χ3n) is 3.05. The van der Waals surface area contributed by atoms with E-state index in [-0.39, 0.29) is 5.78 Å². The van der Waals surface area contributed by atoms with Gasteiger partial charge in [0, 0.05) is 16.3 Å².